The monoisotopic (exact) mass is 847 g/mol. The molecule has 0 aliphatic heterocycles. The minimum Gasteiger partial charge on any atom is -0.462 e. The number of unbranched alkanes of at least 4 members (excludes halogenated alkanes) is 16. The Morgan fingerprint density at radius 3 is 1.02 bits per heavy atom. The third-order valence-electron chi connectivity index (χ3n) is 10.1. The predicted octanol–water partition coefficient (Wildman–Crippen LogP) is 16.2. The lowest BCUT2D eigenvalue weighted by atomic mass is 10.1. The zero-order valence-corrected chi connectivity index (χ0v) is 39.4. The van der Waals surface area contributed by atoms with Crippen molar-refractivity contribution in [1.29, 1.82) is 0 Å². The highest BCUT2D eigenvalue weighted by atomic mass is 16.6. The zero-order chi connectivity index (χ0) is 44.4. The Hall–Kier alpha value is -3.67. The largest absolute Gasteiger partial charge is 0.462 e. The van der Waals surface area contributed by atoms with Gasteiger partial charge in [0.15, 0.2) is 6.10 Å². The van der Waals surface area contributed by atoms with Gasteiger partial charge in [-0.25, -0.2) is 0 Å². The second-order valence-corrected chi connectivity index (χ2v) is 16.0. The van der Waals surface area contributed by atoms with Crippen molar-refractivity contribution >= 4 is 17.9 Å². The molecule has 1 unspecified atom stereocenters. The minimum absolute atomic E-state index is 0.0937. The van der Waals surface area contributed by atoms with E-state index in [9.17, 15) is 14.4 Å². The van der Waals surface area contributed by atoms with Crippen LogP contribution in [0.2, 0.25) is 0 Å². The average molecular weight is 847 g/mol. The number of hydrogen-bond acceptors (Lipinski definition) is 6. The molecule has 0 N–H and O–H groups in total. The van der Waals surface area contributed by atoms with Gasteiger partial charge in [-0.15, -0.1) is 0 Å². The molecule has 0 aromatic carbocycles. The molecule has 6 heteroatoms. The number of rotatable bonds is 43. The van der Waals surface area contributed by atoms with E-state index in [1.54, 1.807) is 0 Å². The summed E-state index contributed by atoms with van der Waals surface area (Å²) in [5.74, 6) is -0.948. The van der Waals surface area contributed by atoms with Crippen molar-refractivity contribution < 1.29 is 28.6 Å². The summed E-state index contributed by atoms with van der Waals surface area (Å²) < 4.78 is 16.7. The van der Waals surface area contributed by atoms with E-state index in [1.165, 1.54) is 51.4 Å². The van der Waals surface area contributed by atoms with E-state index >= 15 is 0 Å². The Morgan fingerprint density at radius 2 is 0.639 bits per heavy atom. The highest BCUT2D eigenvalue weighted by Gasteiger charge is 2.19. The Balaban J connectivity index is 4.28. The number of hydrogen-bond donors (Lipinski definition) is 0. The Morgan fingerprint density at radius 1 is 0.344 bits per heavy atom. The molecule has 0 aromatic rings. The van der Waals surface area contributed by atoms with Crippen LogP contribution in [0.1, 0.15) is 213 Å². The predicted molar refractivity (Wildman–Crippen MR) is 260 cm³/mol. The Kier molecular flexibility index (Phi) is 46.0. The van der Waals surface area contributed by atoms with Crippen LogP contribution in [0.5, 0.6) is 0 Å². The molecule has 61 heavy (non-hydrogen) atoms. The van der Waals surface area contributed by atoms with Gasteiger partial charge in [0.2, 0.25) is 0 Å². The number of carbonyl (C=O) groups excluding carboxylic acids is 3. The molecule has 0 bridgehead atoms. The van der Waals surface area contributed by atoms with E-state index in [0.717, 1.165) is 122 Å². The summed E-state index contributed by atoms with van der Waals surface area (Å²) in [6, 6.07) is 0. The van der Waals surface area contributed by atoms with Gasteiger partial charge in [0.05, 0.1) is 0 Å². The summed E-state index contributed by atoms with van der Waals surface area (Å²) in [5.41, 5.74) is 0. The Bertz CT molecular complexity index is 1250. The van der Waals surface area contributed by atoms with Gasteiger partial charge < -0.3 is 14.2 Å². The molecule has 0 aliphatic carbocycles. The summed E-state index contributed by atoms with van der Waals surface area (Å²) in [6.45, 7) is 6.31. The van der Waals surface area contributed by atoms with Crippen LogP contribution in [-0.4, -0.2) is 37.2 Å². The first-order chi connectivity index (χ1) is 30.0. The van der Waals surface area contributed by atoms with E-state index in [0.29, 0.717) is 12.8 Å². The van der Waals surface area contributed by atoms with Crippen molar-refractivity contribution in [1.82, 2.24) is 0 Å². The molecule has 0 fully saturated rings. The zero-order valence-electron chi connectivity index (χ0n) is 39.4. The first-order valence-electron chi connectivity index (χ1n) is 24.7. The molecule has 0 amide bonds. The molecule has 0 saturated heterocycles. The topological polar surface area (TPSA) is 78.9 Å². The van der Waals surface area contributed by atoms with Gasteiger partial charge in [-0.05, 0) is 96.3 Å². The van der Waals surface area contributed by atoms with Gasteiger partial charge in [0, 0.05) is 19.3 Å². The quantitative estimate of drug-likeness (QED) is 0.0263. The van der Waals surface area contributed by atoms with E-state index in [-0.39, 0.29) is 37.5 Å². The third kappa shape index (κ3) is 47.2. The lowest BCUT2D eigenvalue weighted by Crippen LogP contribution is -2.30. The van der Waals surface area contributed by atoms with Crippen LogP contribution in [-0.2, 0) is 28.6 Å². The molecule has 0 aliphatic rings. The first kappa shape index (κ1) is 57.3. The molecule has 0 heterocycles. The van der Waals surface area contributed by atoms with Crippen molar-refractivity contribution in [2.24, 2.45) is 0 Å². The lowest BCUT2D eigenvalue weighted by molar-refractivity contribution is -0.167. The van der Waals surface area contributed by atoms with E-state index in [2.05, 4.69) is 118 Å². The molecule has 0 radical (unpaired) electrons. The number of allylic oxidation sites excluding steroid dienone is 16. The van der Waals surface area contributed by atoms with E-state index in [4.69, 9.17) is 14.2 Å². The summed E-state index contributed by atoms with van der Waals surface area (Å²) in [7, 11) is 0. The van der Waals surface area contributed by atoms with Gasteiger partial charge in [-0.2, -0.15) is 0 Å². The summed E-state index contributed by atoms with van der Waals surface area (Å²) in [6.07, 6.45) is 64.1. The second-order valence-electron chi connectivity index (χ2n) is 16.0. The summed E-state index contributed by atoms with van der Waals surface area (Å²) in [5, 5.41) is 0. The molecule has 1 atom stereocenters. The summed E-state index contributed by atoms with van der Waals surface area (Å²) in [4.78, 5) is 37.7. The molecular weight excluding hydrogens is 757 g/mol. The van der Waals surface area contributed by atoms with Crippen LogP contribution >= 0.6 is 0 Å². The van der Waals surface area contributed by atoms with Crippen molar-refractivity contribution in [2.75, 3.05) is 13.2 Å². The minimum atomic E-state index is -0.794. The average Bonchev–Trinajstić information content (AvgIpc) is 3.26. The molecule has 0 saturated carbocycles. The van der Waals surface area contributed by atoms with Crippen molar-refractivity contribution in [2.45, 2.75) is 219 Å². The fourth-order valence-electron chi connectivity index (χ4n) is 6.42. The van der Waals surface area contributed by atoms with Gasteiger partial charge in [-0.1, -0.05) is 195 Å². The lowest BCUT2D eigenvalue weighted by Gasteiger charge is -2.18. The van der Waals surface area contributed by atoms with Crippen LogP contribution in [0, 0.1) is 0 Å². The molecule has 0 spiro atoms. The smallest absolute Gasteiger partial charge is 0.306 e. The van der Waals surface area contributed by atoms with Crippen molar-refractivity contribution in [3.63, 3.8) is 0 Å². The van der Waals surface area contributed by atoms with Gasteiger partial charge >= 0.3 is 17.9 Å². The SMILES string of the molecule is CC/C=C\C/C=C\C/C=C\C/C=C\C/C=C\CCCCCCCCCC(=O)OCC(COC(=O)CCCCCCCCC)OC(=O)CCCCC/C=C\C/C=C\C/C=C\CC. The van der Waals surface area contributed by atoms with Gasteiger partial charge in [0.25, 0.3) is 0 Å². The number of ether oxygens (including phenoxy) is 3. The van der Waals surface area contributed by atoms with Gasteiger partial charge in [0.1, 0.15) is 13.2 Å². The van der Waals surface area contributed by atoms with Crippen molar-refractivity contribution in [3.8, 4) is 0 Å². The highest BCUT2D eigenvalue weighted by molar-refractivity contribution is 5.71. The van der Waals surface area contributed by atoms with Crippen LogP contribution < -0.4 is 0 Å². The Labute approximate surface area is 375 Å². The van der Waals surface area contributed by atoms with E-state index < -0.39 is 6.10 Å². The standard InChI is InChI=1S/C55H90O6/c1-4-7-10-13-16-18-20-22-23-24-25-26-27-28-29-30-31-33-34-36-39-42-45-48-54(57)60-51-52(50-59-53(56)47-44-41-38-15-12-9-6-3)61-55(58)49-46-43-40-37-35-32-21-19-17-14-11-8-5-2/h7-8,10-11,16-19,22-23,25-26,28-29,32,35,52H,4-6,9,12-15,20-21,24,27,30-31,33-34,36-51H2,1-3H3/b10-7-,11-8-,18-16-,19-17-,23-22-,26-25-,29-28-,35-32-. The van der Waals surface area contributed by atoms with Crippen LogP contribution in [0.15, 0.2) is 97.2 Å². The first-order valence-corrected chi connectivity index (χ1v) is 24.7. The fraction of sp³-hybridized carbons (Fsp3) is 0.655. The van der Waals surface area contributed by atoms with Crippen LogP contribution in [0.3, 0.4) is 0 Å². The molecule has 6 nitrogen and oxygen atoms in total. The molecule has 346 valence electrons. The third-order valence-corrected chi connectivity index (χ3v) is 10.1. The molecular formula is C55H90O6. The number of carbonyl (C=O) groups is 3. The van der Waals surface area contributed by atoms with E-state index in [1.807, 2.05) is 0 Å². The number of esters is 3. The maximum Gasteiger partial charge on any atom is 0.306 e. The highest BCUT2D eigenvalue weighted by Crippen LogP contribution is 2.13. The maximum atomic E-state index is 12.7. The van der Waals surface area contributed by atoms with Gasteiger partial charge in [-0.3, -0.25) is 14.4 Å². The normalized spacial score (nSPS) is 12.9. The maximum absolute atomic E-state index is 12.7. The van der Waals surface area contributed by atoms with Crippen LogP contribution in [0.4, 0.5) is 0 Å². The van der Waals surface area contributed by atoms with Crippen molar-refractivity contribution in [3.05, 3.63) is 97.2 Å². The molecule has 0 aromatic heterocycles. The second kappa shape index (κ2) is 49.0. The summed E-state index contributed by atoms with van der Waals surface area (Å²) >= 11 is 0. The molecule has 0 rings (SSSR count). The fourth-order valence-corrected chi connectivity index (χ4v) is 6.42. The van der Waals surface area contributed by atoms with Crippen LogP contribution in [0.25, 0.3) is 0 Å².